The van der Waals surface area contributed by atoms with Gasteiger partial charge in [-0.15, -0.1) is 0 Å². The zero-order chi connectivity index (χ0) is 19.7. The topological polar surface area (TPSA) is 68.5 Å². The van der Waals surface area contributed by atoms with Crippen LogP contribution < -0.4 is 4.90 Å². The van der Waals surface area contributed by atoms with Crippen LogP contribution in [0.15, 0.2) is 34.9 Å². The Kier molecular flexibility index (Phi) is 5.81. The van der Waals surface area contributed by atoms with E-state index in [4.69, 9.17) is 55.6 Å². The molecule has 27 heavy (non-hydrogen) atoms. The normalized spacial score (nSPS) is 10.7. The van der Waals surface area contributed by atoms with E-state index in [0.717, 1.165) is 0 Å². The number of benzene rings is 1. The first-order valence-corrected chi connectivity index (χ1v) is 8.92. The molecule has 0 N–H and O–H groups in total. The number of ether oxygens (including phenoxy) is 1. The number of furan rings is 1. The maximum Gasteiger partial charge on any atom is 0.358 e. The van der Waals surface area contributed by atoms with Crippen molar-refractivity contribution < 1.29 is 13.9 Å². The van der Waals surface area contributed by atoms with Crippen molar-refractivity contribution in [3.63, 3.8) is 0 Å². The molecule has 0 fully saturated rings. The van der Waals surface area contributed by atoms with E-state index in [-0.39, 0.29) is 37.4 Å². The molecular weight excluding hydrogens is 436 g/mol. The largest absolute Gasteiger partial charge is 0.464 e. The molecule has 0 saturated heterocycles. The van der Waals surface area contributed by atoms with E-state index in [2.05, 4.69) is 9.97 Å². The third-order valence-corrected chi connectivity index (χ3v) is 5.00. The first-order chi connectivity index (χ1) is 12.8. The Morgan fingerprint density at radius 3 is 2.44 bits per heavy atom. The fourth-order valence-electron chi connectivity index (χ4n) is 2.27. The number of carbonyl (C=O) groups excluding carboxylic acids is 1. The molecule has 0 atom stereocenters. The van der Waals surface area contributed by atoms with Crippen molar-refractivity contribution in [2.75, 3.05) is 19.1 Å². The van der Waals surface area contributed by atoms with E-state index in [9.17, 15) is 4.79 Å². The number of halogens is 4. The van der Waals surface area contributed by atoms with Gasteiger partial charge >= 0.3 is 5.97 Å². The fraction of sp³-hybridized carbons (Fsp3) is 0.118. The maximum absolute atomic E-state index is 12.2. The molecule has 3 rings (SSSR count). The lowest BCUT2D eigenvalue weighted by Gasteiger charge is -2.18. The number of hydrogen-bond donors (Lipinski definition) is 0. The smallest absolute Gasteiger partial charge is 0.358 e. The molecule has 0 aliphatic heterocycles. The Bertz CT molecular complexity index is 1010. The summed E-state index contributed by atoms with van der Waals surface area (Å²) < 4.78 is 10.1. The van der Waals surface area contributed by atoms with Crippen molar-refractivity contribution in [1.82, 2.24) is 9.97 Å². The van der Waals surface area contributed by atoms with Crippen LogP contribution in [0.5, 0.6) is 0 Å². The number of rotatable bonds is 4. The van der Waals surface area contributed by atoms with Crippen LogP contribution in [-0.2, 0) is 4.74 Å². The van der Waals surface area contributed by atoms with Gasteiger partial charge in [0.05, 0.1) is 28.4 Å². The van der Waals surface area contributed by atoms with Gasteiger partial charge in [-0.25, -0.2) is 14.8 Å². The van der Waals surface area contributed by atoms with Crippen LogP contribution in [0, 0.1) is 0 Å². The lowest BCUT2D eigenvalue weighted by Crippen LogP contribution is -2.16. The minimum atomic E-state index is -0.728. The standard InChI is InChI=1S/C17H11Cl4N3O3/c1-24(12-4-3-5-27-12)16-13(21)14(17(25)26-2)22-15(23-16)8-6-10(19)11(20)7-9(8)18/h3-7H,1-2H3. The highest BCUT2D eigenvalue weighted by Gasteiger charge is 2.24. The molecule has 10 heteroatoms. The van der Waals surface area contributed by atoms with Crippen LogP contribution in [-0.4, -0.2) is 30.1 Å². The first kappa shape index (κ1) is 19.8. The van der Waals surface area contributed by atoms with Crippen LogP contribution in [0.4, 0.5) is 11.7 Å². The van der Waals surface area contributed by atoms with Crippen molar-refractivity contribution >= 4 is 64.1 Å². The number of aromatic nitrogens is 2. The highest BCUT2D eigenvalue weighted by Crippen LogP contribution is 2.37. The molecule has 140 valence electrons. The third kappa shape index (κ3) is 3.84. The number of carbonyl (C=O) groups is 1. The molecule has 0 amide bonds. The zero-order valence-corrected chi connectivity index (χ0v) is 17.0. The molecule has 2 heterocycles. The molecule has 0 radical (unpaired) electrons. The average molecular weight is 447 g/mol. The van der Waals surface area contributed by atoms with E-state index >= 15 is 0 Å². The Morgan fingerprint density at radius 2 is 1.81 bits per heavy atom. The van der Waals surface area contributed by atoms with E-state index in [1.807, 2.05) is 0 Å². The number of methoxy groups -OCH3 is 1. The molecule has 6 nitrogen and oxygen atoms in total. The number of nitrogens with zero attached hydrogens (tertiary/aromatic N) is 3. The lowest BCUT2D eigenvalue weighted by atomic mass is 10.2. The second-order valence-electron chi connectivity index (χ2n) is 5.28. The number of esters is 1. The van der Waals surface area contributed by atoms with Gasteiger partial charge in [0.25, 0.3) is 0 Å². The minimum absolute atomic E-state index is 0.000632. The monoisotopic (exact) mass is 445 g/mol. The quantitative estimate of drug-likeness (QED) is 0.366. The van der Waals surface area contributed by atoms with E-state index in [1.54, 1.807) is 24.1 Å². The summed E-state index contributed by atoms with van der Waals surface area (Å²) in [5, 5.41) is 0.797. The summed E-state index contributed by atoms with van der Waals surface area (Å²) in [4.78, 5) is 22.4. The van der Waals surface area contributed by atoms with E-state index in [0.29, 0.717) is 11.4 Å². The Balaban J connectivity index is 2.25. The van der Waals surface area contributed by atoms with Crippen LogP contribution in [0.25, 0.3) is 11.4 Å². The van der Waals surface area contributed by atoms with Gasteiger partial charge < -0.3 is 9.15 Å². The predicted molar refractivity (Wildman–Crippen MR) is 106 cm³/mol. The van der Waals surface area contributed by atoms with Crippen molar-refractivity contribution in [2.24, 2.45) is 0 Å². The lowest BCUT2D eigenvalue weighted by molar-refractivity contribution is 0.0594. The maximum atomic E-state index is 12.2. The van der Waals surface area contributed by atoms with Crippen molar-refractivity contribution in [3.8, 4) is 11.4 Å². The first-order valence-electron chi connectivity index (χ1n) is 7.41. The van der Waals surface area contributed by atoms with Crippen LogP contribution >= 0.6 is 46.4 Å². The highest BCUT2D eigenvalue weighted by atomic mass is 35.5. The Hall–Kier alpha value is -1.99. The summed E-state index contributed by atoms with van der Waals surface area (Å²) in [6, 6.07) is 6.39. The number of hydrogen-bond acceptors (Lipinski definition) is 6. The molecular formula is C17H11Cl4N3O3. The molecule has 0 aliphatic carbocycles. The highest BCUT2D eigenvalue weighted by molar-refractivity contribution is 6.44. The Morgan fingerprint density at radius 1 is 1.11 bits per heavy atom. The molecule has 0 saturated carbocycles. The van der Waals surface area contributed by atoms with Crippen LogP contribution in [0.1, 0.15) is 10.5 Å². The van der Waals surface area contributed by atoms with Gasteiger partial charge in [-0.3, -0.25) is 4.90 Å². The van der Waals surface area contributed by atoms with Gasteiger partial charge in [-0.05, 0) is 18.2 Å². The van der Waals surface area contributed by atoms with Crippen LogP contribution in [0.3, 0.4) is 0 Å². The van der Waals surface area contributed by atoms with Crippen molar-refractivity contribution in [1.29, 1.82) is 0 Å². The zero-order valence-electron chi connectivity index (χ0n) is 14.0. The molecule has 3 aromatic rings. The molecule has 0 unspecified atom stereocenters. The Labute approximate surface area is 174 Å². The third-order valence-electron chi connectivity index (χ3n) is 3.62. The van der Waals surface area contributed by atoms with Gasteiger partial charge in [-0.1, -0.05) is 46.4 Å². The SMILES string of the molecule is COC(=O)c1nc(-c2cc(Cl)c(Cl)cc2Cl)nc(N(C)c2ccco2)c1Cl. The van der Waals surface area contributed by atoms with E-state index < -0.39 is 5.97 Å². The summed E-state index contributed by atoms with van der Waals surface area (Å²) >= 11 is 24.7. The predicted octanol–water partition coefficient (Wildman–Crippen LogP) is 5.90. The molecule has 0 spiro atoms. The summed E-state index contributed by atoms with van der Waals surface area (Å²) in [5.74, 6) is 0.0717. The second kappa shape index (κ2) is 7.94. The molecule has 0 bridgehead atoms. The van der Waals surface area contributed by atoms with Crippen molar-refractivity contribution in [2.45, 2.75) is 0 Å². The van der Waals surface area contributed by atoms with Crippen LogP contribution in [0.2, 0.25) is 20.1 Å². The molecule has 2 aromatic heterocycles. The minimum Gasteiger partial charge on any atom is -0.464 e. The van der Waals surface area contributed by atoms with Gasteiger partial charge in [0.15, 0.2) is 17.3 Å². The van der Waals surface area contributed by atoms with Crippen molar-refractivity contribution in [3.05, 3.63) is 56.3 Å². The number of anilines is 2. The van der Waals surface area contributed by atoms with Gasteiger partial charge in [0.2, 0.25) is 5.88 Å². The van der Waals surface area contributed by atoms with Gasteiger partial charge in [0.1, 0.15) is 5.02 Å². The fourth-order valence-corrected chi connectivity index (χ4v) is 3.19. The summed E-state index contributed by atoms with van der Waals surface area (Å²) in [5.41, 5.74) is 0.252. The van der Waals surface area contributed by atoms with Gasteiger partial charge in [0, 0.05) is 18.7 Å². The summed E-state index contributed by atoms with van der Waals surface area (Å²) in [6.45, 7) is 0. The molecule has 1 aromatic carbocycles. The van der Waals surface area contributed by atoms with Gasteiger partial charge in [-0.2, -0.15) is 0 Å². The second-order valence-corrected chi connectivity index (χ2v) is 6.88. The summed E-state index contributed by atoms with van der Waals surface area (Å²) in [6.07, 6.45) is 1.50. The average Bonchev–Trinajstić information content (AvgIpc) is 3.18. The summed E-state index contributed by atoms with van der Waals surface area (Å²) in [7, 11) is 2.90. The van der Waals surface area contributed by atoms with E-state index in [1.165, 1.54) is 25.5 Å². The molecule has 0 aliphatic rings.